The van der Waals surface area contributed by atoms with E-state index in [-0.39, 0.29) is 23.3 Å². The van der Waals surface area contributed by atoms with E-state index < -0.39 is 6.10 Å². The molecule has 110 valence electrons. The Kier molecular flexibility index (Phi) is 3.87. The Bertz CT molecular complexity index is 508. The molecule has 20 heavy (non-hydrogen) atoms. The molecule has 0 saturated carbocycles. The molecule has 0 aromatic heterocycles. The van der Waals surface area contributed by atoms with E-state index in [1.165, 1.54) is 0 Å². The minimum Gasteiger partial charge on any atom is -0.388 e. The molecule has 1 atom stereocenters. The quantitative estimate of drug-likeness (QED) is 0.928. The van der Waals surface area contributed by atoms with Crippen molar-refractivity contribution < 1.29 is 9.90 Å². The first-order chi connectivity index (χ1) is 9.15. The van der Waals surface area contributed by atoms with Crippen LogP contribution in [-0.2, 0) is 4.79 Å². The Morgan fingerprint density at radius 3 is 2.30 bits per heavy atom. The monoisotopic (exact) mass is 295 g/mol. The van der Waals surface area contributed by atoms with Gasteiger partial charge in [-0.1, -0.05) is 37.6 Å². The van der Waals surface area contributed by atoms with Crippen LogP contribution in [0, 0.1) is 5.41 Å². The van der Waals surface area contributed by atoms with Crippen LogP contribution >= 0.6 is 11.6 Å². The van der Waals surface area contributed by atoms with E-state index in [9.17, 15) is 9.90 Å². The van der Waals surface area contributed by atoms with Crippen LogP contribution in [0.2, 0.25) is 5.02 Å². The second-order valence-electron chi connectivity index (χ2n) is 6.69. The van der Waals surface area contributed by atoms with Crippen molar-refractivity contribution in [3.05, 3.63) is 34.9 Å². The first kappa shape index (κ1) is 15.3. The Balaban J connectivity index is 2.01. The molecule has 0 bridgehead atoms. The molecule has 0 radical (unpaired) electrons. The maximum Gasteiger partial charge on any atom is 0.226 e. The lowest BCUT2D eigenvalue weighted by molar-refractivity contribution is -0.169. The average molecular weight is 296 g/mol. The number of rotatable bonds is 3. The molecule has 1 aliphatic rings. The van der Waals surface area contributed by atoms with E-state index in [2.05, 4.69) is 27.7 Å². The van der Waals surface area contributed by atoms with Gasteiger partial charge in [-0.2, -0.15) is 0 Å². The van der Waals surface area contributed by atoms with Gasteiger partial charge in [-0.05, 0) is 31.5 Å². The maximum atomic E-state index is 12.3. The standard InChI is InChI=1S/C16H22ClNO2/c1-15(2)10-18(16(15,3)4)14(20)9-13(19)11-5-7-12(17)8-6-11/h5-8,13,19H,9-10H2,1-4H3. The molecule has 1 aliphatic heterocycles. The number of nitrogens with zero attached hydrogens (tertiary/aromatic N) is 1. The first-order valence-corrected chi connectivity index (χ1v) is 7.27. The summed E-state index contributed by atoms with van der Waals surface area (Å²) in [5, 5.41) is 10.8. The van der Waals surface area contributed by atoms with Gasteiger partial charge in [0.25, 0.3) is 0 Å². The third-order valence-corrected chi connectivity index (χ3v) is 5.06. The lowest BCUT2D eigenvalue weighted by Gasteiger charge is -2.61. The van der Waals surface area contributed by atoms with Gasteiger partial charge in [0.2, 0.25) is 5.91 Å². The second kappa shape index (κ2) is 5.05. The molecule has 4 heteroatoms. The van der Waals surface area contributed by atoms with Crippen LogP contribution in [0.15, 0.2) is 24.3 Å². The number of likely N-dealkylation sites (tertiary alicyclic amines) is 1. The summed E-state index contributed by atoms with van der Waals surface area (Å²) < 4.78 is 0. The number of halogens is 1. The number of amides is 1. The molecule has 1 amide bonds. The number of benzene rings is 1. The summed E-state index contributed by atoms with van der Waals surface area (Å²) in [6, 6.07) is 6.96. The zero-order chi connectivity index (χ0) is 15.1. The van der Waals surface area contributed by atoms with Crippen molar-refractivity contribution in [3.63, 3.8) is 0 Å². The van der Waals surface area contributed by atoms with Gasteiger partial charge in [-0.15, -0.1) is 0 Å². The van der Waals surface area contributed by atoms with Crippen LogP contribution in [0.5, 0.6) is 0 Å². The van der Waals surface area contributed by atoms with E-state index in [0.29, 0.717) is 5.02 Å². The minimum atomic E-state index is -0.778. The lowest BCUT2D eigenvalue weighted by Crippen LogP contribution is -2.70. The summed E-state index contributed by atoms with van der Waals surface area (Å²) in [6.45, 7) is 9.21. The number of carbonyl (C=O) groups is 1. The average Bonchev–Trinajstić information content (AvgIpc) is 2.36. The maximum absolute atomic E-state index is 12.3. The third kappa shape index (κ3) is 2.57. The fourth-order valence-corrected chi connectivity index (χ4v) is 2.66. The number of hydrogen-bond acceptors (Lipinski definition) is 2. The molecule has 3 nitrogen and oxygen atoms in total. The topological polar surface area (TPSA) is 40.5 Å². The molecular formula is C16H22ClNO2. The molecule has 1 saturated heterocycles. The molecule has 1 heterocycles. The van der Waals surface area contributed by atoms with Gasteiger partial charge < -0.3 is 10.0 Å². The summed E-state index contributed by atoms with van der Waals surface area (Å²) in [5.74, 6) is -0.00299. The Morgan fingerprint density at radius 1 is 1.30 bits per heavy atom. The number of aliphatic hydroxyl groups is 1. The Hall–Kier alpha value is -1.06. The zero-order valence-electron chi connectivity index (χ0n) is 12.5. The van der Waals surface area contributed by atoms with Crippen LogP contribution in [0.25, 0.3) is 0 Å². The molecular weight excluding hydrogens is 274 g/mol. The van der Waals surface area contributed by atoms with Crippen LogP contribution in [0.1, 0.15) is 45.8 Å². The van der Waals surface area contributed by atoms with Crippen LogP contribution in [-0.4, -0.2) is 28.0 Å². The number of carbonyl (C=O) groups excluding carboxylic acids is 1. The molecule has 1 N–H and O–H groups in total. The summed E-state index contributed by atoms with van der Waals surface area (Å²) in [7, 11) is 0. The van der Waals surface area contributed by atoms with Gasteiger partial charge in [0.05, 0.1) is 12.5 Å². The SMILES string of the molecule is CC1(C)CN(C(=O)CC(O)c2ccc(Cl)cc2)C1(C)C. The molecule has 1 fully saturated rings. The normalized spacial score (nSPS) is 21.2. The molecule has 0 aliphatic carbocycles. The lowest BCUT2D eigenvalue weighted by atomic mass is 9.65. The Labute approximate surface area is 125 Å². The molecule has 1 aromatic rings. The van der Waals surface area contributed by atoms with Crippen molar-refractivity contribution in [3.8, 4) is 0 Å². The van der Waals surface area contributed by atoms with E-state index in [0.717, 1.165) is 12.1 Å². The highest BCUT2D eigenvalue weighted by Crippen LogP contribution is 2.46. The van der Waals surface area contributed by atoms with E-state index in [1.54, 1.807) is 24.3 Å². The van der Waals surface area contributed by atoms with Gasteiger partial charge in [-0.3, -0.25) is 4.79 Å². The van der Waals surface area contributed by atoms with Gasteiger partial charge in [0, 0.05) is 22.5 Å². The molecule has 1 unspecified atom stereocenters. The summed E-state index contributed by atoms with van der Waals surface area (Å²) in [6.07, 6.45) is -0.666. The predicted octanol–water partition coefficient (Wildman–Crippen LogP) is 3.41. The van der Waals surface area contributed by atoms with Gasteiger partial charge in [0.15, 0.2) is 0 Å². The van der Waals surface area contributed by atoms with E-state index >= 15 is 0 Å². The van der Waals surface area contributed by atoms with Crippen molar-refractivity contribution in [2.45, 2.75) is 45.8 Å². The smallest absolute Gasteiger partial charge is 0.226 e. The fraction of sp³-hybridized carbons (Fsp3) is 0.562. The molecule has 2 rings (SSSR count). The fourth-order valence-electron chi connectivity index (χ4n) is 2.54. The number of hydrogen-bond donors (Lipinski definition) is 1. The second-order valence-corrected chi connectivity index (χ2v) is 7.13. The summed E-state index contributed by atoms with van der Waals surface area (Å²) in [4.78, 5) is 14.2. The van der Waals surface area contributed by atoms with Gasteiger partial charge in [0.1, 0.15) is 0 Å². The highest BCUT2D eigenvalue weighted by atomic mass is 35.5. The highest BCUT2D eigenvalue weighted by molar-refractivity contribution is 6.30. The van der Waals surface area contributed by atoms with Crippen LogP contribution < -0.4 is 0 Å². The van der Waals surface area contributed by atoms with Crippen molar-refractivity contribution in [2.24, 2.45) is 5.41 Å². The molecule has 1 aromatic carbocycles. The largest absolute Gasteiger partial charge is 0.388 e. The minimum absolute atomic E-state index is 0.00299. The van der Waals surface area contributed by atoms with Crippen molar-refractivity contribution >= 4 is 17.5 Å². The zero-order valence-corrected chi connectivity index (χ0v) is 13.2. The van der Waals surface area contributed by atoms with Gasteiger partial charge >= 0.3 is 0 Å². The van der Waals surface area contributed by atoms with E-state index in [1.807, 2.05) is 4.90 Å². The van der Waals surface area contributed by atoms with E-state index in [4.69, 9.17) is 11.6 Å². The predicted molar refractivity (Wildman–Crippen MR) is 80.6 cm³/mol. The van der Waals surface area contributed by atoms with Crippen LogP contribution in [0.3, 0.4) is 0 Å². The summed E-state index contributed by atoms with van der Waals surface area (Å²) in [5.41, 5.74) is 0.679. The number of aliphatic hydroxyl groups excluding tert-OH is 1. The van der Waals surface area contributed by atoms with Crippen molar-refractivity contribution in [1.82, 2.24) is 4.90 Å². The highest BCUT2D eigenvalue weighted by Gasteiger charge is 2.54. The molecule has 0 spiro atoms. The van der Waals surface area contributed by atoms with Crippen molar-refractivity contribution in [2.75, 3.05) is 6.54 Å². The Morgan fingerprint density at radius 2 is 1.85 bits per heavy atom. The third-order valence-electron chi connectivity index (χ3n) is 4.81. The first-order valence-electron chi connectivity index (χ1n) is 6.89. The summed E-state index contributed by atoms with van der Waals surface area (Å²) >= 11 is 5.82. The van der Waals surface area contributed by atoms with Crippen molar-refractivity contribution in [1.29, 1.82) is 0 Å². The van der Waals surface area contributed by atoms with Gasteiger partial charge in [-0.25, -0.2) is 0 Å². The van der Waals surface area contributed by atoms with Crippen LogP contribution in [0.4, 0.5) is 0 Å².